The van der Waals surface area contributed by atoms with Gasteiger partial charge in [-0.05, 0) is 63.7 Å². The summed E-state index contributed by atoms with van der Waals surface area (Å²) in [6, 6.07) is 2.81. The third-order valence-corrected chi connectivity index (χ3v) is 9.61. The van der Waals surface area contributed by atoms with Crippen molar-refractivity contribution in [2.75, 3.05) is 37.7 Å². The first kappa shape index (κ1) is 26.1. The Morgan fingerprint density at radius 1 is 1.00 bits per heavy atom. The Morgan fingerprint density at radius 3 is 2.50 bits per heavy atom. The highest BCUT2D eigenvalue weighted by molar-refractivity contribution is 5.99. The number of benzene rings is 1. The van der Waals surface area contributed by atoms with Crippen LogP contribution in [-0.2, 0) is 6.18 Å². The number of aromatic nitrogens is 5. The van der Waals surface area contributed by atoms with E-state index in [4.69, 9.17) is 9.72 Å². The van der Waals surface area contributed by atoms with Crippen LogP contribution in [-0.4, -0.2) is 80.5 Å². The zero-order valence-electron chi connectivity index (χ0n) is 22.8. The van der Waals surface area contributed by atoms with Gasteiger partial charge < -0.3 is 15.0 Å². The van der Waals surface area contributed by atoms with Crippen LogP contribution in [0.25, 0.3) is 33.1 Å². The van der Waals surface area contributed by atoms with Crippen LogP contribution in [0.15, 0.2) is 24.5 Å². The third kappa shape index (κ3) is 4.11. The highest BCUT2D eigenvalue weighted by atomic mass is 19.4. The van der Waals surface area contributed by atoms with E-state index in [0.717, 1.165) is 57.7 Å². The molecule has 0 radical (unpaired) electrons. The fraction of sp³-hybridized carbons (Fsp3) is 0.517. The van der Waals surface area contributed by atoms with E-state index in [1.165, 1.54) is 18.5 Å². The van der Waals surface area contributed by atoms with Crippen molar-refractivity contribution < 1.29 is 22.3 Å². The molecule has 7 heterocycles. The molecule has 0 amide bonds. The SMILES string of the molecule is Fc1c(-c2c(C(F)(F)F)ccc3[nH]ncc23)ncc2c(N3C[C@H]4CC[C@@H](C3)N4)nc(OCC34CCCN3CCC4)nc12. The minimum Gasteiger partial charge on any atom is -0.461 e. The minimum atomic E-state index is -4.73. The molecule has 42 heavy (non-hydrogen) atoms. The molecule has 13 heteroatoms. The predicted octanol–water partition coefficient (Wildman–Crippen LogP) is 4.67. The van der Waals surface area contributed by atoms with E-state index in [0.29, 0.717) is 36.4 Å². The quantitative estimate of drug-likeness (QED) is 0.328. The van der Waals surface area contributed by atoms with Gasteiger partial charge in [-0.3, -0.25) is 15.0 Å². The van der Waals surface area contributed by atoms with E-state index >= 15 is 4.39 Å². The lowest BCUT2D eigenvalue weighted by Gasteiger charge is -2.34. The molecule has 0 spiro atoms. The van der Waals surface area contributed by atoms with Gasteiger partial charge in [0.15, 0.2) is 5.82 Å². The molecule has 2 atom stereocenters. The molecule has 8 rings (SSSR count). The van der Waals surface area contributed by atoms with Gasteiger partial charge in [0, 0.05) is 42.3 Å². The number of hydrogen-bond donors (Lipinski definition) is 2. The van der Waals surface area contributed by atoms with Gasteiger partial charge in [-0.1, -0.05) is 0 Å². The van der Waals surface area contributed by atoms with Crippen LogP contribution >= 0.6 is 0 Å². The van der Waals surface area contributed by atoms with Gasteiger partial charge in [0.1, 0.15) is 23.6 Å². The van der Waals surface area contributed by atoms with Crippen LogP contribution in [0.2, 0.25) is 0 Å². The van der Waals surface area contributed by atoms with Gasteiger partial charge >= 0.3 is 12.2 Å². The number of nitrogens with zero attached hydrogens (tertiary/aromatic N) is 6. The molecule has 3 aromatic heterocycles. The number of piperazine rings is 1. The molecule has 4 aromatic rings. The van der Waals surface area contributed by atoms with Crippen LogP contribution in [0.4, 0.5) is 23.4 Å². The molecule has 2 bridgehead atoms. The number of hydrogen-bond acceptors (Lipinski definition) is 8. The first-order valence-corrected chi connectivity index (χ1v) is 14.6. The van der Waals surface area contributed by atoms with Gasteiger partial charge in [0.25, 0.3) is 0 Å². The fourth-order valence-corrected chi connectivity index (χ4v) is 7.64. The number of ether oxygens (including phenoxy) is 1. The average Bonchev–Trinajstić information content (AvgIpc) is 3.75. The second-order valence-corrected chi connectivity index (χ2v) is 12.1. The number of fused-ring (bicyclic) bond motifs is 5. The van der Waals surface area contributed by atoms with Gasteiger partial charge in [-0.15, -0.1) is 0 Å². The maximum Gasteiger partial charge on any atom is 0.417 e. The Bertz CT molecular complexity index is 1670. The highest BCUT2D eigenvalue weighted by Crippen LogP contribution is 2.43. The standard InChI is InChI=1S/C29H30F4N8O/c30-23-24-19(11-34-25(23)22-18-12-35-39-21(18)6-5-20(22)29(31,32)33)26(40-13-16-3-4-17(14-40)36-16)38-27(37-24)42-15-28-7-1-9-41(28)10-2-8-28/h5-6,11-12,16-17,36H,1-4,7-10,13-15H2,(H,35,39)/t16-,17+. The largest absolute Gasteiger partial charge is 0.461 e. The van der Waals surface area contributed by atoms with Gasteiger partial charge in [-0.25, -0.2) is 4.39 Å². The van der Waals surface area contributed by atoms with E-state index in [2.05, 4.69) is 35.3 Å². The number of rotatable bonds is 5. The van der Waals surface area contributed by atoms with Gasteiger partial charge in [0.2, 0.25) is 0 Å². The summed E-state index contributed by atoms with van der Waals surface area (Å²) in [7, 11) is 0. The summed E-state index contributed by atoms with van der Waals surface area (Å²) >= 11 is 0. The molecule has 4 aliphatic heterocycles. The van der Waals surface area contributed by atoms with Crippen molar-refractivity contribution in [1.29, 1.82) is 0 Å². The summed E-state index contributed by atoms with van der Waals surface area (Å²) in [6.07, 6.45) is 4.24. The summed E-state index contributed by atoms with van der Waals surface area (Å²) in [6.45, 7) is 3.80. The van der Waals surface area contributed by atoms with Crippen molar-refractivity contribution in [3.63, 3.8) is 0 Å². The number of aromatic amines is 1. The van der Waals surface area contributed by atoms with Crippen molar-refractivity contribution in [2.24, 2.45) is 0 Å². The normalized spacial score (nSPS) is 23.8. The Kier molecular flexibility index (Phi) is 5.88. The topological polar surface area (TPSA) is 95.1 Å². The molecular weight excluding hydrogens is 552 g/mol. The second kappa shape index (κ2) is 9.46. The number of halogens is 4. The first-order chi connectivity index (χ1) is 20.3. The molecule has 4 aliphatic rings. The third-order valence-electron chi connectivity index (χ3n) is 9.61. The van der Waals surface area contributed by atoms with Gasteiger partial charge in [0.05, 0.1) is 28.2 Å². The Balaban J connectivity index is 1.28. The first-order valence-electron chi connectivity index (χ1n) is 14.6. The summed E-state index contributed by atoms with van der Waals surface area (Å²) in [5.74, 6) is -0.448. The lowest BCUT2D eigenvalue weighted by molar-refractivity contribution is -0.137. The number of anilines is 1. The molecule has 1 aromatic carbocycles. The number of alkyl halides is 3. The van der Waals surface area contributed by atoms with E-state index in [1.807, 2.05) is 0 Å². The highest BCUT2D eigenvalue weighted by Gasteiger charge is 2.45. The molecule has 220 valence electrons. The molecule has 0 saturated carbocycles. The molecule has 4 fully saturated rings. The maximum atomic E-state index is 16.6. The van der Waals surface area contributed by atoms with Crippen LogP contribution in [0.1, 0.15) is 44.1 Å². The number of nitrogens with one attached hydrogen (secondary N) is 2. The summed E-state index contributed by atoms with van der Waals surface area (Å²) < 4.78 is 65.3. The monoisotopic (exact) mass is 582 g/mol. The second-order valence-electron chi connectivity index (χ2n) is 12.1. The van der Waals surface area contributed by atoms with E-state index in [1.54, 1.807) is 0 Å². The fourth-order valence-electron chi connectivity index (χ4n) is 7.64. The van der Waals surface area contributed by atoms with E-state index < -0.39 is 23.3 Å². The number of pyridine rings is 1. The van der Waals surface area contributed by atoms with Crippen molar-refractivity contribution in [3.8, 4) is 17.3 Å². The molecule has 0 aliphatic carbocycles. The Labute approximate surface area is 238 Å². The molecular formula is C29H30F4N8O. The molecule has 4 saturated heterocycles. The number of H-pyrrole nitrogens is 1. The lowest BCUT2D eigenvalue weighted by atomic mass is 9.95. The van der Waals surface area contributed by atoms with Crippen LogP contribution in [0.3, 0.4) is 0 Å². The molecule has 2 N–H and O–H groups in total. The van der Waals surface area contributed by atoms with E-state index in [9.17, 15) is 13.2 Å². The zero-order valence-corrected chi connectivity index (χ0v) is 22.8. The van der Waals surface area contributed by atoms with Crippen LogP contribution in [0.5, 0.6) is 6.01 Å². The molecule has 0 unspecified atom stereocenters. The van der Waals surface area contributed by atoms with Crippen LogP contribution in [0, 0.1) is 5.82 Å². The molecule has 9 nitrogen and oxygen atoms in total. The van der Waals surface area contributed by atoms with Gasteiger partial charge in [-0.2, -0.15) is 28.2 Å². The summed E-state index contributed by atoms with van der Waals surface area (Å²) in [5, 5.41) is 10.6. The average molecular weight is 583 g/mol. The van der Waals surface area contributed by atoms with E-state index in [-0.39, 0.29) is 40.1 Å². The van der Waals surface area contributed by atoms with Crippen molar-refractivity contribution in [3.05, 3.63) is 35.9 Å². The Hall–Kier alpha value is -3.58. The Morgan fingerprint density at radius 2 is 1.76 bits per heavy atom. The smallest absolute Gasteiger partial charge is 0.417 e. The van der Waals surface area contributed by atoms with Crippen LogP contribution < -0.4 is 15.0 Å². The summed E-state index contributed by atoms with van der Waals surface area (Å²) in [5.41, 5.74) is -1.64. The summed E-state index contributed by atoms with van der Waals surface area (Å²) in [4.78, 5) is 18.1. The minimum absolute atomic E-state index is 0.0325. The maximum absolute atomic E-state index is 16.6. The van der Waals surface area contributed by atoms with Crippen molar-refractivity contribution in [2.45, 2.75) is 62.3 Å². The predicted molar refractivity (Wildman–Crippen MR) is 148 cm³/mol. The van der Waals surface area contributed by atoms with Crippen molar-refractivity contribution in [1.82, 2.24) is 35.4 Å². The zero-order chi connectivity index (χ0) is 28.6. The van der Waals surface area contributed by atoms with Crippen molar-refractivity contribution >= 4 is 27.6 Å². The lowest BCUT2D eigenvalue weighted by Crippen LogP contribution is -2.51.